The summed E-state index contributed by atoms with van der Waals surface area (Å²) < 4.78 is 0. The molecule has 3 heterocycles. The quantitative estimate of drug-likeness (QED) is 0.828. The molecule has 20 heavy (non-hydrogen) atoms. The topological polar surface area (TPSA) is 35.6 Å². The number of rotatable bonds is 2. The Balaban J connectivity index is 1.70. The number of amides is 1. The van der Waals surface area contributed by atoms with Gasteiger partial charge in [-0.15, -0.1) is 0 Å². The van der Waals surface area contributed by atoms with E-state index in [9.17, 15) is 4.79 Å². The molecule has 0 aliphatic carbocycles. The van der Waals surface area contributed by atoms with Gasteiger partial charge in [0.05, 0.1) is 5.41 Å². The molecule has 114 valence electrons. The molecule has 3 aliphatic heterocycles. The van der Waals surface area contributed by atoms with E-state index < -0.39 is 0 Å². The van der Waals surface area contributed by atoms with Crippen molar-refractivity contribution in [2.24, 2.45) is 11.3 Å². The molecule has 0 aromatic heterocycles. The number of piperidine rings is 1. The molecule has 0 bridgehead atoms. The number of fused-ring (bicyclic) bond motifs is 1. The standard InChI is InChI=1S/C16H29N3O/c1-13(2)16(6-7-17-12-16)15(20)19-10-9-18-8-4-3-5-14(18)11-19/h13-14,17H,3-12H2,1-2H3. The lowest BCUT2D eigenvalue weighted by atomic mass is 9.75. The minimum Gasteiger partial charge on any atom is -0.339 e. The van der Waals surface area contributed by atoms with Gasteiger partial charge in [-0.2, -0.15) is 0 Å². The van der Waals surface area contributed by atoms with Crippen LogP contribution in [0.2, 0.25) is 0 Å². The van der Waals surface area contributed by atoms with Crippen LogP contribution in [0, 0.1) is 11.3 Å². The number of hydrogen-bond acceptors (Lipinski definition) is 3. The van der Waals surface area contributed by atoms with Crippen LogP contribution in [0.25, 0.3) is 0 Å². The van der Waals surface area contributed by atoms with E-state index >= 15 is 0 Å². The summed E-state index contributed by atoms with van der Waals surface area (Å²) in [6, 6.07) is 0.625. The molecule has 1 N–H and O–H groups in total. The van der Waals surface area contributed by atoms with Gasteiger partial charge in [0.25, 0.3) is 0 Å². The van der Waals surface area contributed by atoms with Crippen molar-refractivity contribution in [3.05, 3.63) is 0 Å². The van der Waals surface area contributed by atoms with Crippen LogP contribution in [-0.4, -0.2) is 61.0 Å². The fourth-order valence-corrected chi connectivity index (χ4v) is 4.29. The van der Waals surface area contributed by atoms with Crippen molar-refractivity contribution in [3.8, 4) is 0 Å². The van der Waals surface area contributed by atoms with Gasteiger partial charge >= 0.3 is 0 Å². The van der Waals surface area contributed by atoms with Gasteiger partial charge in [0.15, 0.2) is 0 Å². The van der Waals surface area contributed by atoms with Crippen LogP contribution in [0.3, 0.4) is 0 Å². The Hall–Kier alpha value is -0.610. The van der Waals surface area contributed by atoms with Crippen LogP contribution in [-0.2, 0) is 4.79 Å². The maximum Gasteiger partial charge on any atom is 0.230 e. The van der Waals surface area contributed by atoms with E-state index in [2.05, 4.69) is 29.0 Å². The minimum atomic E-state index is -0.142. The molecule has 1 amide bonds. The van der Waals surface area contributed by atoms with Crippen LogP contribution in [0.15, 0.2) is 0 Å². The maximum absolute atomic E-state index is 13.1. The van der Waals surface area contributed by atoms with Crippen LogP contribution < -0.4 is 5.32 Å². The lowest BCUT2D eigenvalue weighted by molar-refractivity contribution is -0.147. The third-order valence-electron chi connectivity index (χ3n) is 5.84. The number of nitrogens with one attached hydrogen (secondary N) is 1. The van der Waals surface area contributed by atoms with E-state index in [1.807, 2.05) is 0 Å². The highest BCUT2D eigenvalue weighted by atomic mass is 16.2. The fourth-order valence-electron chi connectivity index (χ4n) is 4.29. The highest BCUT2D eigenvalue weighted by molar-refractivity contribution is 5.84. The van der Waals surface area contributed by atoms with E-state index in [0.717, 1.165) is 39.1 Å². The molecule has 0 radical (unpaired) electrons. The van der Waals surface area contributed by atoms with Crippen LogP contribution in [0.4, 0.5) is 0 Å². The second-order valence-corrected chi connectivity index (χ2v) is 7.17. The first kappa shape index (κ1) is 14.3. The number of carbonyl (C=O) groups is 1. The number of carbonyl (C=O) groups excluding carboxylic acids is 1. The molecular weight excluding hydrogens is 250 g/mol. The lowest BCUT2D eigenvalue weighted by Gasteiger charge is -2.46. The molecule has 0 spiro atoms. The second-order valence-electron chi connectivity index (χ2n) is 7.17. The van der Waals surface area contributed by atoms with Crippen molar-refractivity contribution in [1.29, 1.82) is 0 Å². The Morgan fingerprint density at radius 2 is 2.10 bits per heavy atom. The van der Waals surface area contributed by atoms with E-state index in [0.29, 0.717) is 17.9 Å². The zero-order valence-electron chi connectivity index (χ0n) is 13.0. The zero-order chi connectivity index (χ0) is 14.2. The average molecular weight is 279 g/mol. The van der Waals surface area contributed by atoms with Crippen molar-refractivity contribution in [1.82, 2.24) is 15.1 Å². The Bertz CT molecular complexity index is 363. The SMILES string of the molecule is CC(C)C1(C(=O)N2CCN3CCCCC3C2)CCNC1. The van der Waals surface area contributed by atoms with E-state index in [-0.39, 0.29) is 5.41 Å². The van der Waals surface area contributed by atoms with Gasteiger partial charge in [0.1, 0.15) is 0 Å². The largest absolute Gasteiger partial charge is 0.339 e. The van der Waals surface area contributed by atoms with Gasteiger partial charge in [-0.25, -0.2) is 0 Å². The number of hydrogen-bond donors (Lipinski definition) is 1. The molecule has 0 aromatic carbocycles. The predicted molar refractivity (Wildman–Crippen MR) is 80.5 cm³/mol. The Kier molecular flexibility index (Phi) is 4.04. The van der Waals surface area contributed by atoms with Crippen molar-refractivity contribution in [2.45, 2.75) is 45.6 Å². The third-order valence-corrected chi connectivity index (χ3v) is 5.84. The summed E-state index contributed by atoms with van der Waals surface area (Å²) in [5, 5.41) is 3.41. The van der Waals surface area contributed by atoms with Crippen molar-refractivity contribution in [2.75, 3.05) is 39.3 Å². The summed E-state index contributed by atoms with van der Waals surface area (Å²) >= 11 is 0. The molecule has 3 rings (SSSR count). The highest BCUT2D eigenvalue weighted by Crippen LogP contribution is 2.37. The zero-order valence-corrected chi connectivity index (χ0v) is 13.0. The van der Waals surface area contributed by atoms with E-state index in [1.54, 1.807) is 0 Å². The highest BCUT2D eigenvalue weighted by Gasteiger charge is 2.47. The molecule has 3 saturated heterocycles. The first-order valence-electron chi connectivity index (χ1n) is 8.37. The molecule has 2 unspecified atom stereocenters. The van der Waals surface area contributed by atoms with Gasteiger partial charge in [0.2, 0.25) is 5.91 Å². The summed E-state index contributed by atoms with van der Waals surface area (Å²) in [5.74, 6) is 0.845. The number of piperazine rings is 1. The molecule has 2 atom stereocenters. The fraction of sp³-hybridized carbons (Fsp3) is 0.938. The van der Waals surface area contributed by atoms with Crippen LogP contribution in [0.1, 0.15) is 39.5 Å². The Morgan fingerprint density at radius 1 is 1.25 bits per heavy atom. The molecule has 3 aliphatic rings. The summed E-state index contributed by atoms with van der Waals surface area (Å²) in [4.78, 5) is 17.9. The first-order valence-corrected chi connectivity index (χ1v) is 8.37. The summed E-state index contributed by atoms with van der Waals surface area (Å²) in [6.07, 6.45) is 4.95. The summed E-state index contributed by atoms with van der Waals surface area (Å²) in [7, 11) is 0. The maximum atomic E-state index is 13.1. The number of nitrogens with zero attached hydrogens (tertiary/aromatic N) is 2. The van der Waals surface area contributed by atoms with Crippen molar-refractivity contribution >= 4 is 5.91 Å². The van der Waals surface area contributed by atoms with E-state index in [4.69, 9.17) is 0 Å². The minimum absolute atomic E-state index is 0.142. The second kappa shape index (κ2) is 5.64. The molecular formula is C16H29N3O. The van der Waals surface area contributed by atoms with Crippen LogP contribution in [0.5, 0.6) is 0 Å². The molecule has 3 fully saturated rings. The Labute approximate surface area is 122 Å². The molecule has 4 heteroatoms. The van der Waals surface area contributed by atoms with E-state index in [1.165, 1.54) is 25.8 Å². The third kappa shape index (κ3) is 2.37. The first-order chi connectivity index (χ1) is 9.63. The van der Waals surface area contributed by atoms with Gasteiger partial charge in [-0.1, -0.05) is 20.3 Å². The monoisotopic (exact) mass is 279 g/mol. The predicted octanol–water partition coefficient (Wildman–Crippen LogP) is 1.32. The summed E-state index contributed by atoms with van der Waals surface area (Å²) in [5.41, 5.74) is -0.142. The normalized spacial score (nSPS) is 35.4. The van der Waals surface area contributed by atoms with Gasteiger partial charge < -0.3 is 10.2 Å². The smallest absolute Gasteiger partial charge is 0.230 e. The van der Waals surface area contributed by atoms with Gasteiger partial charge in [0, 0.05) is 32.2 Å². The van der Waals surface area contributed by atoms with Gasteiger partial charge in [-0.05, 0) is 38.3 Å². The van der Waals surface area contributed by atoms with Crippen molar-refractivity contribution < 1.29 is 4.79 Å². The average Bonchev–Trinajstić information content (AvgIpc) is 2.97. The molecule has 4 nitrogen and oxygen atoms in total. The Morgan fingerprint density at radius 3 is 2.80 bits per heavy atom. The summed E-state index contributed by atoms with van der Waals surface area (Å²) in [6.45, 7) is 10.5. The lowest BCUT2D eigenvalue weighted by Crippen LogP contribution is -2.59. The molecule has 0 saturated carbocycles. The van der Waals surface area contributed by atoms with Crippen molar-refractivity contribution in [3.63, 3.8) is 0 Å². The molecule has 0 aromatic rings. The van der Waals surface area contributed by atoms with Crippen LogP contribution >= 0.6 is 0 Å². The van der Waals surface area contributed by atoms with Gasteiger partial charge in [-0.3, -0.25) is 9.69 Å².